The maximum atomic E-state index is 11.7. The Balaban J connectivity index is 2.28. The first-order valence-corrected chi connectivity index (χ1v) is 5.74. The highest BCUT2D eigenvalue weighted by atomic mass is 16.2. The molecule has 0 radical (unpaired) electrons. The van der Waals surface area contributed by atoms with Gasteiger partial charge in [-0.1, -0.05) is 6.07 Å². The second kappa shape index (κ2) is 4.97. The van der Waals surface area contributed by atoms with Crippen molar-refractivity contribution in [3.8, 4) is 0 Å². The van der Waals surface area contributed by atoms with Gasteiger partial charge in [-0.25, -0.2) is 4.79 Å². The number of nitrogens with one attached hydrogen (secondary N) is 2. The monoisotopic (exact) mass is 261 g/mol. The van der Waals surface area contributed by atoms with E-state index in [4.69, 9.17) is 5.73 Å². The smallest absolute Gasteiger partial charge is 0.329 e. The van der Waals surface area contributed by atoms with Gasteiger partial charge in [0.05, 0.1) is 12.2 Å². The molecule has 2 aromatic heterocycles. The Labute approximate surface area is 109 Å². The first-order valence-electron chi connectivity index (χ1n) is 5.74. The summed E-state index contributed by atoms with van der Waals surface area (Å²) in [5.41, 5.74) is 6.51. The molecule has 0 bridgehead atoms. The zero-order valence-corrected chi connectivity index (χ0v) is 10.7. The van der Waals surface area contributed by atoms with Crippen LogP contribution in [0, 0.1) is 6.92 Å². The van der Waals surface area contributed by atoms with Crippen molar-refractivity contribution in [2.45, 2.75) is 13.5 Å². The van der Waals surface area contributed by atoms with Crippen molar-refractivity contribution in [2.24, 2.45) is 7.05 Å². The van der Waals surface area contributed by atoms with Crippen molar-refractivity contribution in [3.05, 3.63) is 50.4 Å². The Morgan fingerprint density at radius 1 is 1.42 bits per heavy atom. The first-order chi connectivity index (χ1) is 8.99. The molecule has 0 aliphatic heterocycles. The number of rotatable bonds is 3. The van der Waals surface area contributed by atoms with Gasteiger partial charge in [0.2, 0.25) is 0 Å². The summed E-state index contributed by atoms with van der Waals surface area (Å²) in [4.78, 5) is 29.5. The first kappa shape index (κ1) is 12.9. The predicted octanol–water partition coefficient (Wildman–Crippen LogP) is -0.0287. The van der Waals surface area contributed by atoms with Crippen molar-refractivity contribution in [3.63, 3.8) is 0 Å². The van der Waals surface area contributed by atoms with Crippen molar-refractivity contribution in [2.75, 3.05) is 11.1 Å². The second-order valence-corrected chi connectivity index (χ2v) is 4.20. The number of hydrogen-bond donors (Lipinski definition) is 3. The van der Waals surface area contributed by atoms with Gasteiger partial charge in [-0.3, -0.25) is 19.3 Å². The molecule has 100 valence electrons. The molecule has 0 aliphatic rings. The van der Waals surface area contributed by atoms with Crippen LogP contribution in [0.2, 0.25) is 0 Å². The zero-order chi connectivity index (χ0) is 14.0. The fraction of sp³-hybridized carbons (Fsp3) is 0.250. The maximum Gasteiger partial charge on any atom is 0.329 e. The van der Waals surface area contributed by atoms with Gasteiger partial charge < -0.3 is 11.1 Å². The average molecular weight is 261 g/mol. The Morgan fingerprint density at radius 2 is 2.16 bits per heavy atom. The van der Waals surface area contributed by atoms with E-state index in [9.17, 15) is 9.59 Å². The Morgan fingerprint density at radius 3 is 2.84 bits per heavy atom. The summed E-state index contributed by atoms with van der Waals surface area (Å²) >= 11 is 0. The fourth-order valence-corrected chi connectivity index (χ4v) is 1.68. The van der Waals surface area contributed by atoms with Gasteiger partial charge in [0.25, 0.3) is 5.56 Å². The quantitative estimate of drug-likeness (QED) is 0.719. The van der Waals surface area contributed by atoms with Crippen LogP contribution in [-0.2, 0) is 13.6 Å². The van der Waals surface area contributed by atoms with E-state index in [2.05, 4.69) is 15.3 Å². The largest absolute Gasteiger partial charge is 0.383 e. The number of aryl methyl sites for hydroxylation is 1. The Bertz CT molecular complexity index is 717. The minimum Gasteiger partial charge on any atom is -0.383 e. The van der Waals surface area contributed by atoms with Crippen LogP contribution in [0.5, 0.6) is 0 Å². The molecule has 2 aromatic rings. The third-order valence-corrected chi connectivity index (χ3v) is 2.76. The van der Waals surface area contributed by atoms with Crippen LogP contribution < -0.4 is 22.3 Å². The number of pyridine rings is 1. The molecule has 0 atom stereocenters. The summed E-state index contributed by atoms with van der Waals surface area (Å²) in [5.74, 6) is 0.0985. The molecule has 2 rings (SSSR count). The van der Waals surface area contributed by atoms with Crippen LogP contribution in [0.15, 0.2) is 27.8 Å². The molecule has 19 heavy (non-hydrogen) atoms. The Hall–Kier alpha value is -2.57. The number of nitrogens with zero attached hydrogens (tertiary/aromatic N) is 2. The molecule has 0 amide bonds. The highest BCUT2D eigenvalue weighted by molar-refractivity contribution is 5.60. The van der Waals surface area contributed by atoms with Crippen molar-refractivity contribution >= 4 is 11.5 Å². The highest BCUT2D eigenvalue weighted by Gasteiger charge is 2.09. The normalized spacial score (nSPS) is 10.4. The van der Waals surface area contributed by atoms with Gasteiger partial charge in [0.1, 0.15) is 11.5 Å². The number of nitrogens with two attached hydrogens (primary N) is 1. The van der Waals surface area contributed by atoms with Crippen LogP contribution in [0.1, 0.15) is 11.4 Å². The summed E-state index contributed by atoms with van der Waals surface area (Å²) in [7, 11) is 1.49. The maximum absolute atomic E-state index is 11.7. The standard InChI is InChI=1S/C12H15N5O2/c1-7-4-3-5-8(15-7)6-14-9-10(13)17(2)12(19)16-11(9)18/h3-5,14H,6,13H2,1-2H3,(H,16,18,19). The van der Waals surface area contributed by atoms with Gasteiger partial charge in [0.15, 0.2) is 0 Å². The molecular formula is C12H15N5O2. The van der Waals surface area contributed by atoms with Crippen molar-refractivity contribution < 1.29 is 0 Å². The number of H-pyrrole nitrogens is 1. The minimum absolute atomic E-state index is 0.0985. The number of nitrogen functional groups attached to an aromatic ring is 1. The fourth-order valence-electron chi connectivity index (χ4n) is 1.68. The van der Waals surface area contributed by atoms with E-state index in [1.807, 2.05) is 25.1 Å². The van der Waals surface area contributed by atoms with E-state index in [0.29, 0.717) is 6.54 Å². The highest BCUT2D eigenvalue weighted by Crippen LogP contribution is 2.10. The molecule has 4 N–H and O–H groups in total. The van der Waals surface area contributed by atoms with Gasteiger partial charge in [0, 0.05) is 12.7 Å². The molecule has 0 spiro atoms. The van der Waals surface area contributed by atoms with Crippen LogP contribution in [0.3, 0.4) is 0 Å². The molecule has 0 saturated carbocycles. The molecule has 7 nitrogen and oxygen atoms in total. The lowest BCUT2D eigenvalue weighted by Gasteiger charge is -2.10. The minimum atomic E-state index is -0.540. The number of hydrogen-bond acceptors (Lipinski definition) is 5. The van der Waals surface area contributed by atoms with Gasteiger partial charge in [-0.05, 0) is 19.1 Å². The Kier molecular flexibility index (Phi) is 3.37. The van der Waals surface area contributed by atoms with Crippen LogP contribution in [0.25, 0.3) is 0 Å². The lowest BCUT2D eigenvalue weighted by molar-refractivity contribution is 0.812. The summed E-state index contributed by atoms with van der Waals surface area (Å²) in [6, 6.07) is 5.61. The molecule has 2 heterocycles. The van der Waals surface area contributed by atoms with E-state index >= 15 is 0 Å². The second-order valence-electron chi connectivity index (χ2n) is 4.20. The lowest BCUT2D eigenvalue weighted by atomic mass is 10.3. The van der Waals surface area contributed by atoms with Gasteiger partial charge in [-0.15, -0.1) is 0 Å². The molecule has 0 aliphatic carbocycles. The van der Waals surface area contributed by atoms with Crippen molar-refractivity contribution in [1.29, 1.82) is 0 Å². The van der Waals surface area contributed by atoms with Gasteiger partial charge >= 0.3 is 5.69 Å². The summed E-state index contributed by atoms with van der Waals surface area (Å²) < 4.78 is 1.17. The third-order valence-electron chi connectivity index (χ3n) is 2.76. The zero-order valence-electron chi connectivity index (χ0n) is 10.7. The predicted molar refractivity (Wildman–Crippen MR) is 73.0 cm³/mol. The summed E-state index contributed by atoms with van der Waals surface area (Å²) in [6.07, 6.45) is 0. The summed E-state index contributed by atoms with van der Waals surface area (Å²) in [5, 5.41) is 2.90. The lowest BCUT2D eigenvalue weighted by Crippen LogP contribution is -2.32. The third kappa shape index (κ3) is 2.65. The topological polar surface area (TPSA) is 106 Å². The molecule has 0 aromatic carbocycles. The molecular weight excluding hydrogens is 246 g/mol. The SMILES string of the molecule is Cc1cccc(CNc2c(N)n(C)c(=O)[nH]c2=O)n1. The van der Waals surface area contributed by atoms with E-state index < -0.39 is 11.2 Å². The molecule has 0 saturated heterocycles. The molecule has 7 heteroatoms. The van der Waals surface area contributed by atoms with E-state index in [1.165, 1.54) is 11.6 Å². The van der Waals surface area contributed by atoms with E-state index in [-0.39, 0.29) is 11.5 Å². The van der Waals surface area contributed by atoms with Gasteiger partial charge in [-0.2, -0.15) is 0 Å². The van der Waals surface area contributed by atoms with E-state index in [1.54, 1.807) is 0 Å². The van der Waals surface area contributed by atoms with Crippen LogP contribution in [0.4, 0.5) is 11.5 Å². The number of aromatic amines is 1. The molecule has 0 unspecified atom stereocenters. The van der Waals surface area contributed by atoms with Crippen LogP contribution >= 0.6 is 0 Å². The van der Waals surface area contributed by atoms with E-state index in [0.717, 1.165) is 11.4 Å². The van der Waals surface area contributed by atoms with Crippen LogP contribution in [-0.4, -0.2) is 14.5 Å². The average Bonchev–Trinajstić information content (AvgIpc) is 2.36. The number of anilines is 2. The molecule has 0 fully saturated rings. The van der Waals surface area contributed by atoms with Crippen molar-refractivity contribution in [1.82, 2.24) is 14.5 Å². The number of aromatic nitrogens is 3. The summed E-state index contributed by atoms with van der Waals surface area (Å²) in [6.45, 7) is 2.24.